The van der Waals surface area contributed by atoms with Crippen LogP contribution in [0.1, 0.15) is 0 Å². The van der Waals surface area contributed by atoms with E-state index in [0.717, 1.165) is 0 Å². The Bertz CT molecular complexity index is 627. The van der Waals surface area contributed by atoms with Gasteiger partial charge < -0.3 is 11.5 Å². The summed E-state index contributed by atoms with van der Waals surface area (Å²) >= 11 is 0. The molecule has 7 heteroatoms. The molecule has 0 saturated heterocycles. The lowest BCUT2D eigenvalue weighted by molar-refractivity contribution is 0.803. The first kappa shape index (κ1) is 10.3. The average molecular weight is 241 g/mol. The van der Waals surface area contributed by atoms with E-state index < -0.39 is 0 Å². The van der Waals surface area contributed by atoms with E-state index in [1.54, 1.807) is 34.2 Å². The Morgan fingerprint density at radius 1 is 0.833 bits per heavy atom. The molecule has 0 saturated carbocycles. The number of nitrogens with zero attached hydrogens (tertiary/aromatic N) is 5. The average Bonchev–Trinajstić information content (AvgIpc) is 2.98. The molecule has 3 rings (SSSR count). The lowest BCUT2D eigenvalue weighted by Crippen LogP contribution is -2.03. The number of pyridine rings is 1. The minimum atomic E-state index is 0.588. The van der Waals surface area contributed by atoms with Gasteiger partial charge in [-0.2, -0.15) is 10.2 Å². The molecule has 0 radical (unpaired) electrons. The van der Waals surface area contributed by atoms with E-state index in [1.807, 2.05) is 18.2 Å². The highest BCUT2D eigenvalue weighted by Crippen LogP contribution is 2.11. The summed E-state index contributed by atoms with van der Waals surface area (Å²) in [4.78, 5) is 4.43. The fourth-order valence-electron chi connectivity index (χ4n) is 1.59. The van der Waals surface area contributed by atoms with E-state index >= 15 is 0 Å². The molecule has 3 aromatic heterocycles. The summed E-state index contributed by atoms with van der Waals surface area (Å²) < 4.78 is 3.21. The van der Waals surface area contributed by atoms with E-state index in [4.69, 9.17) is 11.5 Å². The first-order valence-electron chi connectivity index (χ1n) is 5.30. The lowest BCUT2D eigenvalue weighted by Gasteiger charge is -2.03. The van der Waals surface area contributed by atoms with Crippen LogP contribution in [0.15, 0.2) is 43.0 Å². The summed E-state index contributed by atoms with van der Waals surface area (Å²) in [6, 6.07) is 5.54. The summed E-state index contributed by atoms with van der Waals surface area (Å²) in [5.74, 6) is 1.33. The molecule has 18 heavy (non-hydrogen) atoms. The molecule has 90 valence electrons. The van der Waals surface area contributed by atoms with Crippen molar-refractivity contribution in [1.82, 2.24) is 24.5 Å². The Labute approximate surface area is 103 Å². The highest BCUT2D eigenvalue weighted by atomic mass is 15.3. The van der Waals surface area contributed by atoms with Gasteiger partial charge in [-0.25, -0.2) is 14.3 Å². The molecule has 4 N–H and O–H groups in total. The molecule has 3 heterocycles. The first-order chi connectivity index (χ1) is 8.72. The van der Waals surface area contributed by atoms with Crippen molar-refractivity contribution in [2.75, 3.05) is 11.5 Å². The second-order valence-electron chi connectivity index (χ2n) is 3.79. The highest BCUT2D eigenvalue weighted by molar-refractivity contribution is 5.39. The van der Waals surface area contributed by atoms with Crippen LogP contribution in [0, 0.1) is 0 Å². The van der Waals surface area contributed by atoms with Gasteiger partial charge in [-0.1, -0.05) is 6.07 Å². The van der Waals surface area contributed by atoms with Crippen LogP contribution < -0.4 is 11.5 Å². The SMILES string of the molecule is Nc1cnn(-c2cccc(-n3cc(N)cn3)n2)c1. The zero-order valence-corrected chi connectivity index (χ0v) is 9.43. The molecule has 0 amide bonds. The van der Waals surface area contributed by atoms with Crippen LogP contribution in [0.3, 0.4) is 0 Å². The molecule has 0 atom stereocenters. The van der Waals surface area contributed by atoms with Crippen molar-refractivity contribution in [3.63, 3.8) is 0 Å². The van der Waals surface area contributed by atoms with Crippen LogP contribution in [-0.4, -0.2) is 24.5 Å². The van der Waals surface area contributed by atoms with Crippen molar-refractivity contribution in [1.29, 1.82) is 0 Å². The largest absolute Gasteiger partial charge is 0.396 e. The van der Waals surface area contributed by atoms with Crippen molar-refractivity contribution >= 4 is 11.4 Å². The van der Waals surface area contributed by atoms with Crippen molar-refractivity contribution in [3.8, 4) is 11.6 Å². The van der Waals surface area contributed by atoms with E-state index in [9.17, 15) is 0 Å². The van der Waals surface area contributed by atoms with Crippen LogP contribution in [-0.2, 0) is 0 Å². The second-order valence-corrected chi connectivity index (χ2v) is 3.79. The van der Waals surface area contributed by atoms with E-state index in [1.165, 1.54) is 0 Å². The van der Waals surface area contributed by atoms with Gasteiger partial charge in [0.25, 0.3) is 0 Å². The molecule has 0 fully saturated rings. The Hall–Kier alpha value is -2.83. The summed E-state index contributed by atoms with van der Waals surface area (Å²) in [5.41, 5.74) is 12.4. The number of rotatable bonds is 2. The summed E-state index contributed by atoms with van der Waals surface area (Å²) in [7, 11) is 0. The molecule has 0 aliphatic heterocycles. The number of nitrogen functional groups attached to an aromatic ring is 2. The monoisotopic (exact) mass is 241 g/mol. The van der Waals surface area contributed by atoms with Gasteiger partial charge >= 0.3 is 0 Å². The maximum atomic E-state index is 5.62. The van der Waals surface area contributed by atoms with Gasteiger partial charge in [0, 0.05) is 0 Å². The molecule has 3 aromatic rings. The van der Waals surface area contributed by atoms with Gasteiger partial charge in [0.15, 0.2) is 11.6 Å². The van der Waals surface area contributed by atoms with Crippen LogP contribution in [0.4, 0.5) is 11.4 Å². The maximum absolute atomic E-state index is 5.62. The minimum Gasteiger partial charge on any atom is -0.396 e. The van der Waals surface area contributed by atoms with Crippen molar-refractivity contribution < 1.29 is 0 Å². The van der Waals surface area contributed by atoms with Gasteiger partial charge in [-0.3, -0.25) is 0 Å². The van der Waals surface area contributed by atoms with Crippen LogP contribution in [0.5, 0.6) is 0 Å². The standard InChI is InChI=1S/C11H11N7/c12-8-4-14-17(6-8)10-2-1-3-11(16-10)18-7-9(13)5-15-18/h1-7H,12-13H2. The Morgan fingerprint density at radius 3 is 1.72 bits per heavy atom. The topological polar surface area (TPSA) is 101 Å². The molecule has 0 aliphatic carbocycles. The van der Waals surface area contributed by atoms with Crippen LogP contribution >= 0.6 is 0 Å². The van der Waals surface area contributed by atoms with E-state index in [0.29, 0.717) is 23.0 Å². The molecule has 0 aromatic carbocycles. The molecular formula is C11H11N7. The van der Waals surface area contributed by atoms with Crippen molar-refractivity contribution in [2.45, 2.75) is 0 Å². The molecule has 0 unspecified atom stereocenters. The van der Waals surface area contributed by atoms with Crippen LogP contribution in [0.2, 0.25) is 0 Å². The number of nitrogens with two attached hydrogens (primary N) is 2. The predicted molar refractivity (Wildman–Crippen MR) is 67.3 cm³/mol. The molecule has 0 spiro atoms. The third-order valence-corrected chi connectivity index (χ3v) is 2.39. The normalized spacial score (nSPS) is 10.7. The van der Waals surface area contributed by atoms with Crippen molar-refractivity contribution in [3.05, 3.63) is 43.0 Å². The van der Waals surface area contributed by atoms with Gasteiger partial charge in [0.1, 0.15) is 0 Å². The van der Waals surface area contributed by atoms with Gasteiger partial charge in [0.05, 0.1) is 36.2 Å². The smallest absolute Gasteiger partial charge is 0.155 e. The molecule has 0 aliphatic rings. The number of anilines is 2. The van der Waals surface area contributed by atoms with E-state index in [2.05, 4.69) is 15.2 Å². The molecule has 0 bridgehead atoms. The minimum absolute atomic E-state index is 0.588. The molecule has 7 nitrogen and oxygen atoms in total. The van der Waals surface area contributed by atoms with Gasteiger partial charge in [0.2, 0.25) is 0 Å². The number of aromatic nitrogens is 5. The van der Waals surface area contributed by atoms with E-state index in [-0.39, 0.29) is 0 Å². The van der Waals surface area contributed by atoms with Gasteiger partial charge in [-0.15, -0.1) is 0 Å². The second kappa shape index (κ2) is 3.88. The lowest BCUT2D eigenvalue weighted by atomic mass is 10.4. The third kappa shape index (κ3) is 1.77. The summed E-state index contributed by atoms with van der Waals surface area (Å²) in [6.07, 6.45) is 6.54. The highest BCUT2D eigenvalue weighted by Gasteiger charge is 2.04. The van der Waals surface area contributed by atoms with Crippen molar-refractivity contribution in [2.24, 2.45) is 0 Å². The summed E-state index contributed by atoms with van der Waals surface area (Å²) in [5, 5.41) is 8.20. The summed E-state index contributed by atoms with van der Waals surface area (Å²) in [6.45, 7) is 0. The number of hydrogen-bond donors (Lipinski definition) is 2. The Morgan fingerprint density at radius 2 is 1.33 bits per heavy atom. The van der Waals surface area contributed by atoms with Gasteiger partial charge in [-0.05, 0) is 12.1 Å². The third-order valence-electron chi connectivity index (χ3n) is 2.39. The zero-order valence-electron chi connectivity index (χ0n) is 9.43. The fraction of sp³-hybridized carbons (Fsp3) is 0. The first-order valence-corrected chi connectivity index (χ1v) is 5.30. The Kier molecular flexibility index (Phi) is 2.23. The fourth-order valence-corrected chi connectivity index (χ4v) is 1.59. The van der Waals surface area contributed by atoms with Crippen LogP contribution in [0.25, 0.3) is 11.6 Å². The quantitative estimate of drug-likeness (QED) is 0.684. The molecular weight excluding hydrogens is 230 g/mol. The maximum Gasteiger partial charge on any atom is 0.155 e. The zero-order chi connectivity index (χ0) is 12.5. The number of hydrogen-bond acceptors (Lipinski definition) is 5. The Balaban J connectivity index is 2.04. The predicted octanol–water partition coefficient (Wildman–Crippen LogP) is 0.617.